The van der Waals surface area contributed by atoms with Gasteiger partial charge in [-0.3, -0.25) is 0 Å². The first-order chi connectivity index (χ1) is 4.77. The third-order valence-corrected chi connectivity index (χ3v) is 0.758. The molecule has 0 aliphatic carbocycles. The van der Waals surface area contributed by atoms with Gasteiger partial charge in [-0.2, -0.15) is 0 Å². The smallest absolute Gasteiger partial charge is 0.0642 e. The number of aliphatic carboxylic acids is 1. The largest absolute Gasteiger partial charge is 0.545 e. The zero-order valence-corrected chi connectivity index (χ0v) is 5.78. The van der Waals surface area contributed by atoms with Crippen molar-refractivity contribution in [2.24, 2.45) is 0 Å². The van der Waals surface area contributed by atoms with Gasteiger partial charge in [-0.1, -0.05) is 30.4 Å². The summed E-state index contributed by atoms with van der Waals surface area (Å²) in [6.45, 7) is 1.88. The predicted molar refractivity (Wildman–Crippen MR) is 38.1 cm³/mol. The van der Waals surface area contributed by atoms with Crippen LogP contribution < -0.4 is 5.11 Å². The van der Waals surface area contributed by atoms with Crippen LogP contribution in [0.25, 0.3) is 0 Å². The highest BCUT2D eigenvalue weighted by Crippen LogP contribution is 1.78. The van der Waals surface area contributed by atoms with E-state index in [4.69, 9.17) is 0 Å². The Bertz CT molecular complexity index is 176. The van der Waals surface area contributed by atoms with Gasteiger partial charge >= 0.3 is 0 Å². The van der Waals surface area contributed by atoms with Crippen LogP contribution in [-0.4, -0.2) is 5.97 Å². The van der Waals surface area contributed by atoms with Crippen molar-refractivity contribution >= 4 is 5.97 Å². The average molecular weight is 137 g/mol. The quantitative estimate of drug-likeness (QED) is 0.418. The van der Waals surface area contributed by atoms with E-state index in [0.717, 1.165) is 6.08 Å². The third-order valence-electron chi connectivity index (χ3n) is 0.758. The van der Waals surface area contributed by atoms with Gasteiger partial charge in [0, 0.05) is 0 Å². The number of hydrogen-bond acceptors (Lipinski definition) is 2. The van der Waals surface area contributed by atoms with Crippen molar-refractivity contribution in [2.75, 3.05) is 0 Å². The second-order valence-electron chi connectivity index (χ2n) is 1.59. The molecule has 0 aliphatic rings. The summed E-state index contributed by atoms with van der Waals surface area (Å²) in [6, 6.07) is 0. The van der Waals surface area contributed by atoms with Gasteiger partial charge in [-0.15, -0.1) is 0 Å². The van der Waals surface area contributed by atoms with E-state index in [-0.39, 0.29) is 0 Å². The molecule has 0 aromatic carbocycles. The molecular weight excluding hydrogens is 128 g/mol. The Morgan fingerprint density at radius 2 is 1.80 bits per heavy atom. The van der Waals surface area contributed by atoms with Gasteiger partial charge in [-0.05, 0) is 13.0 Å². The summed E-state index contributed by atoms with van der Waals surface area (Å²) in [5, 5.41) is 9.78. The van der Waals surface area contributed by atoms with Gasteiger partial charge in [-0.25, -0.2) is 0 Å². The van der Waals surface area contributed by atoms with Crippen LogP contribution in [0.15, 0.2) is 36.5 Å². The zero-order valence-electron chi connectivity index (χ0n) is 5.78. The van der Waals surface area contributed by atoms with Crippen molar-refractivity contribution in [1.29, 1.82) is 0 Å². The molecule has 0 rings (SSSR count). The molecule has 0 N–H and O–H groups in total. The lowest BCUT2D eigenvalue weighted by atomic mass is 10.4. The van der Waals surface area contributed by atoms with E-state index in [2.05, 4.69) is 0 Å². The van der Waals surface area contributed by atoms with Gasteiger partial charge in [0.25, 0.3) is 0 Å². The van der Waals surface area contributed by atoms with Crippen LogP contribution in [0.5, 0.6) is 0 Å². The maximum absolute atomic E-state index is 9.78. The molecule has 0 amide bonds. The molecular formula is C8H9O2-. The minimum atomic E-state index is -1.18. The fraction of sp³-hybridized carbons (Fsp3) is 0.125. The van der Waals surface area contributed by atoms with Crippen LogP contribution in [0, 0.1) is 0 Å². The summed E-state index contributed by atoms with van der Waals surface area (Å²) in [4.78, 5) is 9.78. The Morgan fingerprint density at radius 1 is 1.20 bits per heavy atom. The molecule has 0 aromatic heterocycles. The second-order valence-corrected chi connectivity index (χ2v) is 1.59. The first-order valence-corrected chi connectivity index (χ1v) is 2.94. The SMILES string of the molecule is C/C=C/C=C/C=C/C(=O)[O-]. The van der Waals surface area contributed by atoms with E-state index < -0.39 is 5.97 Å². The molecule has 0 aromatic rings. The molecule has 0 atom stereocenters. The first-order valence-electron chi connectivity index (χ1n) is 2.94. The van der Waals surface area contributed by atoms with Crippen molar-refractivity contribution in [1.82, 2.24) is 0 Å². The number of carboxylic acid groups (broad SMARTS) is 1. The molecule has 2 heteroatoms. The Balaban J connectivity index is 3.62. The zero-order chi connectivity index (χ0) is 7.82. The highest BCUT2D eigenvalue weighted by molar-refractivity contribution is 5.77. The summed E-state index contributed by atoms with van der Waals surface area (Å²) in [5.74, 6) is -1.18. The van der Waals surface area contributed by atoms with Crippen molar-refractivity contribution in [2.45, 2.75) is 6.92 Å². The Kier molecular flexibility index (Phi) is 5.06. The summed E-state index contributed by atoms with van der Waals surface area (Å²) < 4.78 is 0. The van der Waals surface area contributed by atoms with E-state index in [1.807, 2.05) is 13.0 Å². The Hall–Kier alpha value is -1.31. The van der Waals surface area contributed by atoms with Gasteiger partial charge < -0.3 is 9.90 Å². The van der Waals surface area contributed by atoms with Crippen molar-refractivity contribution < 1.29 is 9.90 Å². The highest BCUT2D eigenvalue weighted by atomic mass is 16.4. The van der Waals surface area contributed by atoms with Crippen LogP contribution in [-0.2, 0) is 4.79 Å². The lowest BCUT2D eigenvalue weighted by Crippen LogP contribution is -2.18. The van der Waals surface area contributed by atoms with Gasteiger partial charge in [0.1, 0.15) is 0 Å². The van der Waals surface area contributed by atoms with Crippen molar-refractivity contribution in [3.8, 4) is 0 Å². The molecule has 0 fully saturated rings. The minimum absolute atomic E-state index is 0.972. The molecule has 0 saturated heterocycles. The molecule has 54 valence electrons. The number of carbonyl (C=O) groups is 1. The fourth-order valence-corrected chi connectivity index (χ4v) is 0.374. The van der Waals surface area contributed by atoms with Gasteiger partial charge in [0.2, 0.25) is 0 Å². The molecule has 0 saturated carbocycles. The van der Waals surface area contributed by atoms with Crippen molar-refractivity contribution in [3.05, 3.63) is 36.5 Å². The van der Waals surface area contributed by atoms with E-state index in [1.54, 1.807) is 18.2 Å². The lowest BCUT2D eigenvalue weighted by molar-refractivity contribution is -0.297. The fourth-order valence-electron chi connectivity index (χ4n) is 0.374. The standard InChI is InChI=1S/C8H10O2/c1-2-3-4-5-6-7-8(9)10/h2-7H,1H3,(H,9,10)/p-1/b3-2+,5-4+,7-6+. The molecule has 10 heavy (non-hydrogen) atoms. The third kappa shape index (κ3) is 6.69. The molecule has 0 bridgehead atoms. The van der Waals surface area contributed by atoms with E-state index in [0.29, 0.717) is 0 Å². The Labute approximate surface area is 60.2 Å². The maximum atomic E-state index is 9.78. The maximum Gasteiger partial charge on any atom is 0.0642 e. The molecule has 0 heterocycles. The molecule has 0 aliphatic heterocycles. The van der Waals surface area contributed by atoms with Crippen LogP contribution in [0.1, 0.15) is 6.92 Å². The number of allylic oxidation sites excluding steroid dienone is 5. The van der Waals surface area contributed by atoms with E-state index in [9.17, 15) is 9.90 Å². The number of hydrogen-bond donors (Lipinski definition) is 0. The van der Waals surface area contributed by atoms with Crippen LogP contribution in [0.2, 0.25) is 0 Å². The topological polar surface area (TPSA) is 40.1 Å². The Morgan fingerprint density at radius 3 is 2.30 bits per heavy atom. The van der Waals surface area contributed by atoms with Crippen LogP contribution in [0.4, 0.5) is 0 Å². The second kappa shape index (κ2) is 5.82. The summed E-state index contributed by atoms with van der Waals surface area (Å²) >= 11 is 0. The normalized spacial score (nSPS) is 12.1. The van der Waals surface area contributed by atoms with Gasteiger partial charge in [0.15, 0.2) is 0 Å². The van der Waals surface area contributed by atoms with Crippen LogP contribution >= 0.6 is 0 Å². The molecule has 0 unspecified atom stereocenters. The molecule has 2 nitrogen and oxygen atoms in total. The minimum Gasteiger partial charge on any atom is -0.545 e. The van der Waals surface area contributed by atoms with Gasteiger partial charge in [0.05, 0.1) is 5.97 Å². The predicted octanol–water partition coefficient (Wildman–Crippen LogP) is 0.425. The van der Waals surface area contributed by atoms with E-state index >= 15 is 0 Å². The summed E-state index contributed by atoms with van der Waals surface area (Å²) in [6.07, 6.45) is 9.40. The first kappa shape index (κ1) is 8.69. The summed E-state index contributed by atoms with van der Waals surface area (Å²) in [7, 11) is 0. The van der Waals surface area contributed by atoms with Crippen LogP contribution in [0.3, 0.4) is 0 Å². The summed E-state index contributed by atoms with van der Waals surface area (Å²) in [5.41, 5.74) is 0. The lowest BCUT2D eigenvalue weighted by Gasteiger charge is -1.85. The van der Waals surface area contributed by atoms with E-state index in [1.165, 1.54) is 6.08 Å². The molecule has 0 radical (unpaired) electrons. The average Bonchev–Trinajstić information content (AvgIpc) is 1.87. The number of rotatable bonds is 3. The highest BCUT2D eigenvalue weighted by Gasteiger charge is 1.66. The monoisotopic (exact) mass is 137 g/mol. The molecule has 0 spiro atoms. The number of carbonyl (C=O) groups excluding carboxylic acids is 1. The van der Waals surface area contributed by atoms with Crippen molar-refractivity contribution in [3.63, 3.8) is 0 Å². The number of carboxylic acids is 1.